The van der Waals surface area contributed by atoms with Gasteiger partial charge >= 0.3 is 17.9 Å². The molecule has 44 heavy (non-hydrogen) atoms. The Hall–Kier alpha value is -3.62. The van der Waals surface area contributed by atoms with Crippen molar-refractivity contribution in [2.45, 2.75) is 49.7 Å². The van der Waals surface area contributed by atoms with Gasteiger partial charge in [0, 0.05) is 69.4 Å². The molecule has 2 aliphatic rings. The first-order chi connectivity index (χ1) is 21.0. The second kappa shape index (κ2) is 11.7. The van der Waals surface area contributed by atoms with Crippen molar-refractivity contribution in [2.24, 2.45) is 0 Å². The highest BCUT2D eigenvalue weighted by atomic mass is 35.5. The normalized spacial score (nSPS) is 20.5. The van der Waals surface area contributed by atoms with Gasteiger partial charge in [-0.15, -0.1) is 23.1 Å². The van der Waals surface area contributed by atoms with E-state index < -0.39 is 23.5 Å². The predicted molar refractivity (Wildman–Crippen MR) is 165 cm³/mol. The van der Waals surface area contributed by atoms with Crippen molar-refractivity contribution in [1.82, 2.24) is 24.4 Å². The predicted octanol–water partition coefficient (Wildman–Crippen LogP) is 5.75. The van der Waals surface area contributed by atoms with Crippen LogP contribution in [0, 0.1) is 0 Å². The average Bonchev–Trinajstić information content (AvgIpc) is 3.31. The number of thioether (sulfide) groups is 1. The van der Waals surface area contributed by atoms with Gasteiger partial charge in [0.15, 0.2) is 0 Å². The highest BCUT2D eigenvalue weighted by Crippen LogP contribution is 2.50. The summed E-state index contributed by atoms with van der Waals surface area (Å²) in [6, 6.07) is 3.68. The van der Waals surface area contributed by atoms with Crippen LogP contribution in [0.4, 0.5) is 19.0 Å². The number of benzene rings is 1. The molecule has 3 atom stereocenters. The van der Waals surface area contributed by atoms with Gasteiger partial charge in [0.25, 0.3) is 0 Å². The van der Waals surface area contributed by atoms with E-state index in [4.69, 9.17) is 16.3 Å². The molecular weight excluding hydrogens is 637 g/mol. The molecule has 5 heterocycles. The van der Waals surface area contributed by atoms with E-state index in [1.165, 1.54) is 40.9 Å². The Morgan fingerprint density at radius 1 is 1.16 bits per heavy atom. The summed E-state index contributed by atoms with van der Waals surface area (Å²) in [5.41, 5.74) is -1.19. The molecule has 1 amide bonds. The van der Waals surface area contributed by atoms with Crippen LogP contribution in [0.15, 0.2) is 58.3 Å². The number of hydrogen-bond acceptors (Lipinski definition) is 9. The minimum Gasteiger partial charge on any atom is -0.457 e. The molecule has 15 heteroatoms. The Balaban J connectivity index is 1.58. The zero-order chi connectivity index (χ0) is 31.3. The summed E-state index contributed by atoms with van der Waals surface area (Å²) >= 11 is 8.46. The minimum absolute atomic E-state index is 0.0191. The number of aromatic nitrogens is 4. The van der Waals surface area contributed by atoms with Crippen LogP contribution in [-0.2, 0) is 17.5 Å². The van der Waals surface area contributed by atoms with Crippen molar-refractivity contribution in [1.29, 1.82) is 0 Å². The van der Waals surface area contributed by atoms with Crippen molar-refractivity contribution in [2.75, 3.05) is 23.7 Å². The van der Waals surface area contributed by atoms with E-state index in [2.05, 4.69) is 21.5 Å². The molecule has 0 saturated carbocycles. The second-order valence-corrected chi connectivity index (χ2v) is 13.0. The standard InChI is InChI=1S/C29H26ClF3N6O3S2/c1-4-22(40)39-15(2)10-37(11-16(39)3)26-19-9-20(29(31,32)33)23(21-8-17(30)13-43-21)25-24(19)38(28(41)36-26)12-18(14-44-25)42-27-34-6-5-7-35-27/h4-9,13,15-16,18H,1,10-12,14H2,2-3H3/t15-,16+,18-/m0/s1. The first kappa shape index (κ1) is 30.4. The van der Waals surface area contributed by atoms with Crippen LogP contribution >= 0.6 is 34.7 Å². The molecule has 0 spiro atoms. The molecule has 0 unspecified atom stereocenters. The number of ether oxygens (including phenoxy) is 1. The summed E-state index contributed by atoms with van der Waals surface area (Å²) < 4.78 is 52.0. The van der Waals surface area contributed by atoms with Crippen LogP contribution in [0.1, 0.15) is 19.4 Å². The van der Waals surface area contributed by atoms with Crippen LogP contribution in [-0.4, -0.2) is 67.4 Å². The fourth-order valence-corrected chi connectivity index (χ4v) is 8.34. The smallest absolute Gasteiger partial charge is 0.417 e. The van der Waals surface area contributed by atoms with E-state index in [0.29, 0.717) is 15.4 Å². The number of carbonyl (C=O) groups excluding carboxylic acids is 1. The van der Waals surface area contributed by atoms with Gasteiger partial charge in [0.2, 0.25) is 5.91 Å². The van der Waals surface area contributed by atoms with Gasteiger partial charge in [-0.1, -0.05) is 18.2 Å². The molecule has 1 aromatic carbocycles. The number of carbonyl (C=O) groups is 1. The van der Waals surface area contributed by atoms with Crippen molar-refractivity contribution in [3.63, 3.8) is 0 Å². The molecule has 3 aromatic heterocycles. The van der Waals surface area contributed by atoms with Gasteiger partial charge in [0.1, 0.15) is 11.9 Å². The number of piperazine rings is 1. The number of rotatable bonds is 5. The third kappa shape index (κ3) is 5.54. The van der Waals surface area contributed by atoms with Gasteiger partial charge < -0.3 is 14.5 Å². The summed E-state index contributed by atoms with van der Waals surface area (Å²) in [5, 5.41) is 2.07. The maximum Gasteiger partial charge on any atom is 0.417 e. The average molecular weight is 663 g/mol. The molecule has 230 valence electrons. The summed E-state index contributed by atoms with van der Waals surface area (Å²) in [5.74, 6) is 0.113. The lowest BCUT2D eigenvalue weighted by Gasteiger charge is -2.44. The van der Waals surface area contributed by atoms with Gasteiger partial charge in [-0.3, -0.25) is 9.36 Å². The lowest BCUT2D eigenvalue weighted by molar-refractivity contribution is -0.137. The van der Waals surface area contributed by atoms with E-state index in [0.717, 1.165) is 17.4 Å². The maximum absolute atomic E-state index is 14.9. The largest absolute Gasteiger partial charge is 0.457 e. The Kier molecular flexibility index (Phi) is 8.09. The van der Waals surface area contributed by atoms with Gasteiger partial charge in [-0.05, 0) is 38.1 Å². The number of hydrogen-bond donors (Lipinski definition) is 0. The van der Waals surface area contributed by atoms with Crippen molar-refractivity contribution >= 4 is 57.3 Å². The van der Waals surface area contributed by atoms with E-state index in [1.54, 1.807) is 21.2 Å². The van der Waals surface area contributed by atoms with Gasteiger partial charge in [-0.2, -0.15) is 18.2 Å². The number of alkyl halides is 3. The minimum atomic E-state index is -4.73. The molecule has 0 N–H and O–H groups in total. The van der Waals surface area contributed by atoms with Crippen molar-refractivity contribution < 1.29 is 22.7 Å². The van der Waals surface area contributed by atoms with Crippen LogP contribution in [0.3, 0.4) is 0 Å². The number of amides is 1. The first-order valence-corrected chi connectivity index (χ1v) is 15.9. The van der Waals surface area contributed by atoms with Crippen LogP contribution < -0.4 is 15.3 Å². The summed E-state index contributed by atoms with van der Waals surface area (Å²) in [7, 11) is 0. The summed E-state index contributed by atoms with van der Waals surface area (Å²) in [6.07, 6.45) is -1.11. The Morgan fingerprint density at radius 2 is 1.86 bits per heavy atom. The van der Waals surface area contributed by atoms with Crippen LogP contribution in [0.5, 0.6) is 6.01 Å². The Bertz CT molecular complexity index is 1800. The number of anilines is 1. The van der Waals surface area contributed by atoms with E-state index in [1.807, 2.05) is 13.8 Å². The molecule has 1 saturated heterocycles. The lowest BCUT2D eigenvalue weighted by atomic mass is 10.0. The molecule has 9 nitrogen and oxygen atoms in total. The molecular formula is C29H26ClF3N6O3S2. The van der Waals surface area contributed by atoms with Crippen molar-refractivity contribution in [3.05, 3.63) is 69.7 Å². The Morgan fingerprint density at radius 3 is 2.48 bits per heavy atom. The lowest BCUT2D eigenvalue weighted by Crippen LogP contribution is -2.58. The van der Waals surface area contributed by atoms with Crippen LogP contribution in [0.2, 0.25) is 5.02 Å². The van der Waals surface area contributed by atoms with E-state index in [9.17, 15) is 22.8 Å². The second-order valence-electron chi connectivity index (χ2n) is 10.6. The molecule has 6 rings (SSSR count). The molecule has 0 radical (unpaired) electrons. The zero-order valence-electron chi connectivity index (χ0n) is 23.5. The SMILES string of the molecule is C=CC(=O)N1[C@H](C)CN(c2nc(=O)n3c4c(c(-c5cc(Cl)cs5)c(C(F)(F)F)cc24)SC[C@@H](Oc2ncccn2)C3)C[C@@H]1C. The number of halogens is 4. The summed E-state index contributed by atoms with van der Waals surface area (Å²) in [4.78, 5) is 43.0. The van der Waals surface area contributed by atoms with Gasteiger partial charge in [-0.25, -0.2) is 14.8 Å². The quantitative estimate of drug-likeness (QED) is 0.250. The maximum atomic E-state index is 14.9. The van der Waals surface area contributed by atoms with Gasteiger partial charge in [0.05, 0.1) is 22.6 Å². The molecule has 2 aliphatic heterocycles. The van der Waals surface area contributed by atoms with E-state index in [-0.39, 0.29) is 71.1 Å². The number of nitrogens with zero attached hydrogens (tertiary/aromatic N) is 6. The zero-order valence-corrected chi connectivity index (χ0v) is 25.9. The van der Waals surface area contributed by atoms with Crippen molar-refractivity contribution in [3.8, 4) is 16.5 Å². The molecule has 0 bridgehead atoms. The summed E-state index contributed by atoms with van der Waals surface area (Å²) in [6.45, 7) is 7.81. The topological polar surface area (TPSA) is 93.5 Å². The third-order valence-corrected chi connectivity index (χ3v) is 10.1. The first-order valence-electron chi connectivity index (χ1n) is 13.7. The number of thiophene rings is 1. The fraction of sp³-hybridized carbons (Fsp3) is 0.345. The highest BCUT2D eigenvalue weighted by Gasteiger charge is 2.40. The molecule has 1 fully saturated rings. The Labute approximate surface area is 263 Å². The monoisotopic (exact) mass is 662 g/mol. The molecule has 4 aromatic rings. The highest BCUT2D eigenvalue weighted by molar-refractivity contribution is 7.99. The molecule has 0 aliphatic carbocycles. The fourth-order valence-electron chi connectivity index (χ4n) is 5.89. The third-order valence-electron chi connectivity index (χ3n) is 7.58. The van der Waals surface area contributed by atoms with E-state index >= 15 is 0 Å². The van der Waals surface area contributed by atoms with Crippen LogP contribution in [0.25, 0.3) is 21.3 Å².